The maximum atomic E-state index is 12.0. The molecule has 138 valence electrons. The summed E-state index contributed by atoms with van der Waals surface area (Å²) in [5.41, 5.74) is 2.35. The minimum Gasteiger partial charge on any atom is -0.467 e. The van der Waals surface area contributed by atoms with Gasteiger partial charge in [0.25, 0.3) is 5.69 Å². The van der Waals surface area contributed by atoms with Crippen molar-refractivity contribution in [3.8, 4) is 11.5 Å². The average molecular weight is 369 g/mol. The van der Waals surface area contributed by atoms with Gasteiger partial charge >= 0.3 is 5.97 Å². The van der Waals surface area contributed by atoms with Crippen molar-refractivity contribution in [2.45, 2.75) is 18.5 Å². The molecule has 0 radical (unpaired) electrons. The third kappa shape index (κ3) is 3.07. The predicted molar refractivity (Wildman–Crippen MR) is 91.9 cm³/mol. The Morgan fingerprint density at radius 1 is 1.19 bits per heavy atom. The van der Waals surface area contributed by atoms with E-state index in [0.29, 0.717) is 17.9 Å². The second-order valence-corrected chi connectivity index (χ2v) is 6.13. The molecular formula is C18H15N3O6. The maximum absolute atomic E-state index is 12.0. The van der Waals surface area contributed by atoms with Gasteiger partial charge in [-0.1, -0.05) is 0 Å². The molecule has 27 heavy (non-hydrogen) atoms. The van der Waals surface area contributed by atoms with Crippen LogP contribution in [0.25, 0.3) is 0 Å². The van der Waals surface area contributed by atoms with Crippen LogP contribution >= 0.6 is 0 Å². The molecule has 0 amide bonds. The van der Waals surface area contributed by atoms with E-state index in [1.807, 2.05) is 12.1 Å². The van der Waals surface area contributed by atoms with Crippen LogP contribution in [0.15, 0.2) is 46.6 Å². The average Bonchev–Trinajstić information content (AvgIpc) is 3.05. The van der Waals surface area contributed by atoms with E-state index < -0.39 is 23.0 Å². The number of ether oxygens (including phenoxy) is 3. The molecule has 0 spiro atoms. The standard InChI is InChI=1S/C18H15N3O6/c1-25-18(22)14-6-11-7-15-16(27-9-26-15)8-13(11)17(20-19-14)10-2-4-12(5-3-10)21(23)24/h2-5,7-8,14,17H,6,9H2,1H3. The number of non-ortho nitro benzene ring substituents is 1. The van der Waals surface area contributed by atoms with E-state index in [1.165, 1.54) is 19.2 Å². The first-order valence-electron chi connectivity index (χ1n) is 8.21. The van der Waals surface area contributed by atoms with Crippen LogP contribution in [0.3, 0.4) is 0 Å². The molecule has 0 saturated carbocycles. The van der Waals surface area contributed by atoms with Gasteiger partial charge in [0.2, 0.25) is 6.79 Å². The number of carbonyl (C=O) groups is 1. The van der Waals surface area contributed by atoms with Crippen molar-refractivity contribution in [3.63, 3.8) is 0 Å². The zero-order valence-electron chi connectivity index (χ0n) is 14.3. The number of hydrogen-bond donors (Lipinski definition) is 0. The second kappa shape index (κ2) is 6.67. The maximum Gasteiger partial charge on any atom is 0.332 e. The fourth-order valence-corrected chi connectivity index (χ4v) is 3.18. The number of nitro benzene ring substituents is 1. The zero-order chi connectivity index (χ0) is 19.0. The Kier molecular flexibility index (Phi) is 4.19. The highest BCUT2D eigenvalue weighted by molar-refractivity contribution is 5.76. The summed E-state index contributed by atoms with van der Waals surface area (Å²) in [7, 11) is 1.30. The Morgan fingerprint density at radius 3 is 2.56 bits per heavy atom. The van der Waals surface area contributed by atoms with E-state index in [4.69, 9.17) is 14.2 Å². The summed E-state index contributed by atoms with van der Waals surface area (Å²) in [5.74, 6) is 0.709. The van der Waals surface area contributed by atoms with Gasteiger partial charge in [-0.2, -0.15) is 10.2 Å². The van der Waals surface area contributed by atoms with Gasteiger partial charge in [-0.25, -0.2) is 4.79 Å². The van der Waals surface area contributed by atoms with E-state index in [9.17, 15) is 14.9 Å². The molecule has 2 heterocycles. The number of fused-ring (bicyclic) bond motifs is 2. The number of carbonyl (C=O) groups excluding carboxylic acids is 1. The van der Waals surface area contributed by atoms with Crippen molar-refractivity contribution < 1.29 is 23.9 Å². The smallest absolute Gasteiger partial charge is 0.332 e. The summed E-state index contributed by atoms with van der Waals surface area (Å²) in [6.45, 7) is 0.127. The van der Waals surface area contributed by atoms with E-state index in [-0.39, 0.29) is 12.5 Å². The molecular weight excluding hydrogens is 354 g/mol. The van der Waals surface area contributed by atoms with Gasteiger partial charge in [0.05, 0.1) is 12.0 Å². The molecule has 0 saturated heterocycles. The van der Waals surface area contributed by atoms with Gasteiger partial charge in [-0.15, -0.1) is 0 Å². The Labute approximate surface area is 153 Å². The molecule has 0 N–H and O–H groups in total. The van der Waals surface area contributed by atoms with E-state index in [1.54, 1.807) is 12.1 Å². The van der Waals surface area contributed by atoms with Gasteiger partial charge < -0.3 is 14.2 Å². The first-order valence-corrected chi connectivity index (χ1v) is 8.21. The van der Waals surface area contributed by atoms with Crippen molar-refractivity contribution >= 4 is 11.7 Å². The summed E-state index contributed by atoms with van der Waals surface area (Å²) >= 11 is 0. The highest BCUT2D eigenvalue weighted by atomic mass is 16.7. The minimum absolute atomic E-state index is 0.0114. The lowest BCUT2D eigenvalue weighted by Gasteiger charge is -2.15. The minimum atomic E-state index is -0.767. The molecule has 4 rings (SSSR count). The SMILES string of the molecule is COC(=O)C1Cc2cc3c(cc2C(c2ccc([N+](=O)[O-])cc2)N=N1)OCO3. The molecule has 0 fully saturated rings. The zero-order valence-corrected chi connectivity index (χ0v) is 14.3. The van der Waals surface area contributed by atoms with Crippen LogP contribution in [-0.4, -0.2) is 30.8 Å². The molecule has 0 aliphatic carbocycles. The molecule has 9 heteroatoms. The fraction of sp³-hybridized carbons (Fsp3) is 0.278. The monoisotopic (exact) mass is 369 g/mol. The number of benzene rings is 2. The molecule has 0 aromatic heterocycles. The third-order valence-corrected chi connectivity index (χ3v) is 4.56. The highest BCUT2D eigenvalue weighted by Crippen LogP contribution is 2.41. The first kappa shape index (κ1) is 17.0. The van der Waals surface area contributed by atoms with E-state index >= 15 is 0 Å². The molecule has 0 bridgehead atoms. The van der Waals surface area contributed by atoms with Crippen molar-refractivity contribution in [3.05, 3.63) is 63.2 Å². The lowest BCUT2D eigenvalue weighted by atomic mass is 9.92. The summed E-state index contributed by atoms with van der Waals surface area (Å²) in [4.78, 5) is 22.5. The molecule has 2 atom stereocenters. The van der Waals surface area contributed by atoms with Crippen molar-refractivity contribution in [2.24, 2.45) is 10.2 Å². The van der Waals surface area contributed by atoms with Gasteiger partial charge in [-0.05, 0) is 41.0 Å². The number of nitrogens with zero attached hydrogens (tertiary/aromatic N) is 3. The Bertz CT molecular complexity index is 941. The number of esters is 1. The molecule has 2 unspecified atom stereocenters. The number of methoxy groups -OCH3 is 1. The third-order valence-electron chi connectivity index (χ3n) is 4.56. The normalized spacial score (nSPS) is 19.9. The predicted octanol–water partition coefficient (Wildman–Crippen LogP) is 2.96. The number of nitro groups is 1. The summed E-state index contributed by atoms with van der Waals surface area (Å²) in [5, 5.41) is 19.4. The highest BCUT2D eigenvalue weighted by Gasteiger charge is 2.30. The molecule has 9 nitrogen and oxygen atoms in total. The van der Waals surface area contributed by atoms with Gasteiger partial charge in [-0.3, -0.25) is 10.1 Å². The van der Waals surface area contributed by atoms with Gasteiger partial charge in [0, 0.05) is 18.6 Å². The van der Waals surface area contributed by atoms with Crippen LogP contribution in [0.5, 0.6) is 11.5 Å². The Hall–Kier alpha value is -3.49. The lowest BCUT2D eigenvalue weighted by Crippen LogP contribution is -2.22. The summed E-state index contributed by atoms with van der Waals surface area (Å²) in [6, 6.07) is 8.45. The molecule has 2 aromatic carbocycles. The molecule has 2 aliphatic heterocycles. The van der Waals surface area contributed by atoms with E-state index in [0.717, 1.165) is 16.7 Å². The second-order valence-electron chi connectivity index (χ2n) is 6.13. The quantitative estimate of drug-likeness (QED) is 0.467. The Balaban J connectivity index is 1.80. The van der Waals surface area contributed by atoms with Gasteiger partial charge in [0.1, 0.15) is 6.04 Å². The van der Waals surface area contributed by atoms with Crippen LogP contribution in [0.1, 0.15) is 22.7 Å². The lowest BCUT2D eigenvalue weighted by molar-refractivity contribution is -0.384. The van der Waals surface area contributed by atoms with Crippen molar-refractivity contribution in [1.29, 1.82) is 0 Å². The van der Waals surface area contributed by atoms with Crippen LogP contribution < -0.4 is 9.47 Å². The summed E-state index contributed by atoms with van der Waals surface area (Å²) < 4.78 is 15.7. The van der Waals surface area contributed by atoms with Crippen LogP contribution in [-0.2, 0) is 16.0 Å². The fourth-order valence-electron chi connectivity index (χ4n) is 3.18. The molecule has 2 aliphatic rings. The largest absolute Gasteiger partial charge is 0.467 e. The number of rotatable bonds is 3. The van der Waals surface area contributed by atoms with Crippen molar-refractivity contribution in [2.75, 3.05) is 13.9 Å². The van der Waals surface area contributed by atoms with Gasteiger partial charge in [0.15, 0.2) is 17.5 Å². The van der Waals surface area contributed by atoms with E-state index in [2.05, 4.69) is 10.2 Å². The number of hydrogen-bond acceptors (Lipinski definition) is 8. The van der Waals surface area contributed by atoms with Crippen molar-refractivity contribution in [1.82, 2.24) is 0 Å². The molecule has 2 aromatic rings. The Morgan fingerprint density at radius 2 is 1.89 bits per heavy atom. The topological polar surface area (TPSA) is 113 Å². The van der Waals surface area contributed by atoms with Crippen LogP contribution in [0, 0.1) is 10.1 Å². The number of azo groups is 1. The first-order chi connectivity index (χ1) is 13.1. The summed E-state index contributed by atoms with van der Waals surface area (Å²) in [6.07, 6.45) is 0.311. The van der Waals surface area contributed by atoms with Crippen LogP contribution in [0.2, 0.25) is 0 Å². The van der Waals surface area contributed by atoms with Crippen LogP contribution in [0.4, 0.5) is 5.69 Å².